The van der Waals surface area contributed by atoms with Crippen molar-refractivity contribution >= 4 is 11.8 Å². The first-order valence-corrected chi connectivity index (χ1v) is 9.57. The lowest BCUT2D eigenvalue weighted by Gasteiger charge is -2.37. The summed E-state index contributed by atoms with van der Waals surface area (Å²) in [4.78, 5) is 27.7. The molecule has 2 aliphatic heterocycles. The van der Waals surface area contributed by atoms with E-state index in [0.29, 0.717) is 19.0 Å². The van der Waals surface area contributed by atoms with Gasteiger partial charge >= 0.3 is 0 Å². The van der Waals surface area contributed by atoms with E-state index in [-0.39, 0.29) is 23.6 Å². The molecule has 3 atom stereocenters. The molecule has 0 bridgehead atoms. The Morgan fingerprint density at radius 3 is 2.74 bits per heavy atom. The highest BCUT2D eigenvalue weighted by Gasteiger charge is 2.36. The molecule has 2 amide bonds. The fourth-order valence-corrected chi connectivity index (χ4v) is 4.07. The third-order valence-corrected chi connectivity index (χ3v) is 5.51. The van der Waals surface area contributed by atoms with Crippen LogP contribution in [-0.4, -0.2) is 41.4 Å². The van der Waals surface area contributed by atoms with E-state index in [9.17, 15) is 9.59 Å². The van der Waals surface area contributed by atoms with Crippen LogP contribution in [0.2, 0.25) is 0 Å². The molecule has 6 heteroatoms. The van der Waals surface area contributed by atoms with Crippen LogP contribution in [-0.2, 0) is 17.8 Å². The second-order valence-electron chi connectivity index (χ2n) is 7.48. The van der Waals surface area contributed by atoms with Crippen LogP contribution in [0.25, 0.3) is 0 Å². The van der Waals surface area contributed by atoms with Crippen LogP contribution in [0.4, 0.5) is 0 Å². The lowest BCUT2D eigenvalue weighted by molar-refractivity contribution is -0.127. The molecule has 0 aliphatic carbocycles. The van der Waals surface area contributed by atoms with Gasteiger partial charge in [0, 0.05) is 25.0 Å². The Bertz CT molecular complexity index is 818. The van der Waals surface area contributed by atoms with Gasteiger partial charge in [-0.05, 0) is 49.6 Å². The zero-order valence-corrected chi connectivity index (χ0v) is 15.5. The molecule has 2 aromatic rings. The van der Waals surface area contributed by atoms with Gasteiger partial charge in [-0.15, -0.1) is 0 Å². The van der Waals surface area contributed by atoms with Crippen LogP contribution >= 0.6 is 0 Å². The van der Waals surface area contributed by atoms with Crippen LogP contribution in [0.3, 0.4) is 0 Å². The molecule has 2 N–H and O–H groups in total. The van der Waals surface area contributed by atoms with Crippen molar-refractivity contribution in [3.05, 3.63) is 59.5 Å². The highest BCUT2D eigenvalue weighted by atomic mass is 16.3. The second-order valence-corrected chi connectivity index (χ2v) is 7.48. The molecule has 1 fully saturated rings. The number of carbonyl (C=O) groups is 2. The quantitative estimate of drug-likeness (QED) is 0.871. The molecule has 6 nitrogen and oxygen atoms in total. The summed E-state index contributed by atoms with van der Waals surface area (Å²) in [6, 6.07) is 11.3. The number of piperidine rings is 1. The zero-order valence-electron chi connectivity index (χ0n) is 15.5. The van der Waals surface area contributed by atoms with Crippen molar-refractivity contribution in [1.82, 2.24) is 15.5 Å². The average molecular weight is 367 g/mol. The van der Waals surface area contributed by atoms with Gasteiger partial charge in [-0.2, -0.15) is 0 Å². The third-order valence-electron chi connectivity index (χ3n) is 5.51. The summed E-state index contributed by atoms with van der Waals surface area (Å²) in [5.41, 5.74) is 2.21. The Kier molecular flexibility index (Phi) is 4.99. The molecule has 142 valence electrons. The number of furan rings is 1. The van der Waals surface area contributed by atoms with Crippen LogP contribution in [0.5, 0.6) is 0 Å². The van der Waals surface area contributed by atoms with E-state index in [1.807, 2.05) is 24.3 Å². The number of nitrogens with one attached hydrogen (secondary N) is 2. The van der Waals surface area contributed by atoms with Gasteiger partial charge in [0.25, 0.3) is 5.91 Å². The molecule has 0 saturated carbocycles. The predicted octanol–water partition coefficient (Wildman–Crippen LogP) is 2.10. The normalized spacial score (nSPS) is 24.9. The molecular formula is C21H25N3O3. The summed E-state index contributed by atoms with van der Waals surface area (Å²) < 4.78 is 5.30. The zero-order chi connectivity index (χ0) is 18.8. The number of carbonyl (C=O) groups excluding carboxylic acids is 2. The molecule has 1 aromatic heterocycles. The number of hydrogen-bond acceptors (Lipinski definition) is 4. The highest BCUT2D eigenvalue weighted by Crippen LogP contribution is 2.25. The van der Waals surface area contributed by atoms with Crippen molar-refractivity contribution in [2.75, 3.05) is 6.54 Å². The molecule has 3 unspecified atom stereocenters. The first-order chi connectivity index (χ1) is 13.1. The number of nitrogens with zero attached hydrogens (tertiary/aromatic N) is 1. The van der Waals surface area contributed by atoms with Crippen LogP contribution < -0.4 is 10.6 Å². The number of hydrogen-bond donors (Lipinski definition) is 2. The van der Waals surface area contributed by atoms with Gasteiger partial charge in [0.1, 0.15) is 6.04 Å². The number of rotatable bonds is 3. The molecule has 1 saturated heterocycles. The Morgan fingerprint density at radius 2 is 2.00 bits per heavy atom. The molecular weight excluding hydrogens is 342 g/mol. The van der Waals surface area contributed by atoms with Gasteiger partial charge in [0.05, 0.1) is 6.26 Å². The largest absolute Gasteiger partial charge is 0.459 e. The predicted molar refractivity (Wildman–Crippen MR) is 101 cm³/mol. The smallest absolute Gasteiger partial charge is 0.290 e. The van der Waals surface area contributed by atoms with E-state index in [4.69, 9.17) is 4.42 Å². The summed E-state index contributed by atoms with van der Waals surface area (Å²) in [7, 11) is 0. The Balaban J connectivity index is 1.57. The van der Waals surface area contributed by atoms with Crippen LogP contribution in [0, 0.1) is 0 Å². The maximum absolute atomic E-state index is 13.1. The summed E-state index contributed by atoms with van der Waals surface area (Å²) in [5.74, 6) is -0.0560. The van der Waals surface area contributed by atoms with E-state index in [1.165, 1.54) is 6.26 Å². The SMILES string of the molecule is CC1CC(NC(=O)C2Cc3ccccc3CN2C(=O)c2ccco2)CCN1. The minimum Gasteiger partial charge on any atom is -0.459 e. The van der Waals surface area contributed by atoms with E-state index >= 15 is 0 Å². The average Bonchev–Trinajstić information content (AvgIpc) is 3.21. The van der Waals surface area contributed by atoms with Gasteiger partial charge < -0.3 is 20.0 Å². The fourth-order valence-electron chi connectivity index (χ4n) is 4.07. The monoisotopic (exact) mass is 367 g/mol. The molecule has 2 aliphatic rings. The van der Waals surface area contributed by atoms with Crippen LogP contribution in [0.1, 0.15) is 41.4 Å². The van der Waals surface area contributed by atoms with Crippen LogP contribution in [0.15, 0.2) is 47.1 Å². The maximum atomic E-state index is 13.1. The lowest BCUT2D eigenvalue weighted by atomic mass is 9.92. The van der Waals surface area contributed by atoms with Gasteiger partial charge in [-0.1, -0.05) is 24.3 Å². The molecule has 0 spiro atoms. The third kappa shape index (κ3) is 3.76. The van der Waals surface area contributed by atoms with Gasteiger partial charge in [-0.3, -0.25) is 9.59 Å². The summed E-state index contributed by atoms with van der Waals surface area (Å²) in [5, 5.41) is 6.57. The van der Waals surface area contributed by atoms with Crippen molar-refractivity contribution in [2.24, 2.45) is 0 Å². The first kappa shape index (κ1) is 17.8. The number of fused-ring (bicyclic) bond motifs is 1. The van der Waals surface area contributed by atoms with E-state index in [1.54, 1.807) is 17.0 Å². The lowest BCUT2D eigenvalue weighted by Crippen LogP contribution is -2.56. The number of benzene rings is 1. The fraction of sp³-hybridized carbons (Fsp3) is 0.429. The minimum absolute atomic E-state index is 0.0801. The highest BCUT2D eigenvalue weighted by molar-refractivity contribution is 5.96. The first-order valence-electron chi connectivity index (χ1n) is 9.57. The number of amides is 2. The molecule has 1 aromatic carbocycles. The van der Waals surface area contributed by atoms with Crippen molar-refractivity contribution in [3.63, 3.8) is 0 Å². The molecule has 4 rings (SSSR count). The Morgan fingerprint density at radius 1 is 1.19 bits per heavy atom. The van der Waals surface area contributed by atoms with E-state index in [2.05, 4.69) is 17.6 Å². The molecule has 27 heavy (non-hydrogen) atoms. The second kappa shape index (κ2) is 7.56. The van der Waals surface area contributed by atoms with E-state index in [0.717, 1.165) is 30.5 Å². The van der Waals surface area contributed by atoms with E-state index < -0.39 is 6.04 Å². The summed E-state index contributed by atoms with van der Waals surface area (Å²) in [6.07, 6.45) is 3.82. The van der Waals surface area contributed by atoms with Crippen molar-refractivity contribution in [2.45, 2.75) is 50.9 Å². The maximum Gasteiger partial charge on any atom is 0.290 e. The van der Waals surface area contributed by atoms with Crippen molar-refractivity contribution in [3.8, 4) is 0 Å². The Hall–Kier alpha value is -2.60. The van der Waals surface area contributed by atoms with Gasteiger partial charge in [0.15, 0.2) is 5.76 Å². The molecule has 0 radical (unpaired) electrons. The minimum atomic E-state index is -0.525. The topological polar surface area (TPSA) is 74.6 Å². The van der Waals surface area contributed by atoms with Crippen molar-refractivity contribution in [1.29, 1.82) is 0 Å². The Labute approximate surface area is 158 Å². The standard InChI is InChI=1S/C21H25N3O3/c1-14-11-17(8-9-22-14)23-20(25)18-12-15-5-2-3-6-16(15)13-24(18)21(26)19-7-4-10-27-19/h2-7,10,14,17-18,22H,8-9,11-13H2,1H3,(H,23,25). The molecule has 3 heterocycles. The van der Waals surface area contributed by atoms with Gasteiger partial charge in [-0.25, -0.2) is 0 Å². The van der Waals surface area contributed by atoms with Crippen molar-refractivity contribution < 1.29 is 14.0 Å². The van der Waals surface area contributed by atoms with Gasteiger partial charge in [0.2, 0.25) is 5.91 Å². The summed E-state index contributed by atoms with van der Waals surface area (Å²) >= 11 is 0. The summed E-state index contributed by atoms with van der Waals surface area (Å²) in [6.45, 7) is 3.44.